The van der Waals surface area contributed by atoms with Crippen molar-refractivity contribution in [1.29, 1.82) is 0 Å². The highest BCUT2D eigenvalue weighted by molar-refractivity contribution is 6.34. The molecule has 1 atom stereocenters. The lowest BCUT2D eigenvalue weighted by Gasteiger charge is -2.05. The molecule has 1 aromatic rings. The molecule has 0 aliphatic rings. The van der Waals surface area contributed by atoms with Crippen molar-refractivity contribution >= 4 is 23.2 Å². The van der Waals surface area contributed by atoms with Gasteiger partial charge >= 0.3 is 0 Å². The number of rotatable bonds is 2. The minimum absolute atomic E-state index is 0.361. The van der Waals surface area contributed by atoms with Crippen molar-refractivity contribution in [3.63, 3.8) is 0 Å². The Morgan fingerprint density at radius 3 is 2.17 bits per heavy atom. The van der Waals surface area contributed by atoms with E-state index in [0.717, 1.165) is 5.56 Å². The van der Waals surface area contributed by atoms with Crippen LogP contribution in [0.1, 0.15) is 5.56 Å². The van der Waals surface area contributed by atoms with E-state index in [4.69, 9.17) is 34.0 Å². The molecule has 0 fully saturated rings. The van der Waals surface area contributed by atoms with Crippen LogP contribution in [0.3, 0.4) is 0 Å². The fourth-order valence-electron chi connectivity index (χ4n) is 0.970. The summed E-state index contributed by atoms with van der Waals surface area (Å²) in [5, 5.41) is 9.99. The van der Waals surface area contributed by atoms with Crippen LogP contribution in [0.15, 0.2) is 18.2 Å². The molecule has 0 spiro atoms. The van der Waals surface area contributed by atoms with Gasteiger partial charge in [0.15, 0.2) is 0 Å². The molecule has 0 saturated carbocycles. The maximum Gasteiger partial charge on any atom is 0.106 e. The molecule has 0 saturated heterocycles. The van der Waals surface area contributed by atoms with Crippen LogP contribution in [0.4, 0.5) is 0 Å². The first-order chi connectivity index (χ1) is 5.58. The van der Waals surface area contributed by atoms with Crippen LogP contribution >= 0.6 is 23.2 Å². The van der Waals surface area contributed by atoms with Gasteiger partial charge in [0, 0.05) is 16.5 Å². The van der Waals surface area contributed by atoms with E-state index in [2.05, 4.69) is 0 Å². The molecular formula is C8H9Cl2NO. The molecule has 1 aromatic carbocycles. The summed E-state index contributed by atoms with van der Waals surface area (Å²) in [6, 6.07) is 5.09. The van der Waals surface area contributed by atoms with Crippen molar-refractivity contribution in [3.8, 4) is 0 Å². The van der Waals surface area contributed by atoms with Gasteiger partial charge in [-0.15, -0.1) is 0 Å². The van der Waals surface area contributed by atoms with Gasteiger partial charge in [0.25, 0.3) is 0 Å². The van der Waals surface area contributed by atoms with E-state index >= 15 is 0 Å². The zero-order valence-electron chi connectivity index (χ0n) is 6.30. The van der Waals surface area contributed by atoms with Crippen LogP contribution in [0, 0.1) is 0 Å². The summed E-state index contributed by atoms with van der Waals surface area (Å²) < 4.78 is 0. The molecule has 3 N–H and O–H groups in total. The van der Waals surface area contributed by atoms with Gasteiger partial charge in [0.1, 0.15) is 6.23 Å². The standard InChI is InChI=1S/C8H9Cl2NO/c9-6-1-5(3-8(11)12)2-7(10)4-6/h1-2,4,8,12H,3,11H2. The van der Waals surface area contributed by atoms with Crippen molar-refractivity contribution in [1.82, 2.24) is 0 Å². The molecule has 0 aliphatic heterocycles. The van der Waals surface area contributed by atoms with Gasteiger partial charge in [-0.2, -0.15) is 0 Å². The van der Waals surface area contributed by atoms with Crippen LogP contribution < -0.4 is 5.73 Å². The van der Waals surface area contributed by atoms with Gasteiger partial charge in [-0.1, -0.05) is 23.2 Å². The van der Waals surface area contributed by atoms with Crippen LogP contribution in [0.25, 0.3) is 0 Å². The monoisotopic (exact) mass is 205 g/mol. The Morgan fingerprint density at radius 2 is 1.75 bits per heavy atom. The summed E-state index contributed by atoms with van der Waals surface area (Å²) in [4.78, 5) is 0. The lowest BCUT2D eigenvalue weighted by molar-refractivity contribution is 0.183. The number of aliphatic hydroxyl groups excluding tert-OH is 1. The molecule has 0 aliphatic carbocycles. The lowest BCUT2D eigenvalue weighted by Crippen LogP contribution is -2.21. The molecule has 0 amide bonds. The molecule has 4 heteroatoms. The Balaban J connectivity index is 2.85. The largest absolute Gasteiger partial charge is 0.378 e. The second-order valence-electron chi connectivity index (χ2n) is 2.55. The molecular weight excluding hydrogens is 197 g/mol. The van der Waals surface area contributed by atoms with E-state index in [1.165, 1.54) is 0 Å². The Labute approximate surface area is 80.9 Å². The second kappa shape index (κ2) is 4.10. The predicted molar refractivity (Wildman–Crippen MR) is 50.4 cm³/mol. The van der Waals surface area contributed by atoms with Gasteiger partial charge in [0.2, 0.25) is 0 Å². The minimum Gasteiger partial charge on any atom is -0.378 e. The number of benzene rings is 1. The second-order valence-corrected chi connectivity index (χ2v) is 3.42. The summed E-state index contributed by atoms with van der Waals surface area (Å²) in [5.74, 6) is 0. The first-order valence-corrected chi connectivity index (χ1v) is 4.22. The van der Waals surface area contributed by atoms with E-state index in [1.54, 1.807) is 18.2 Å². The van der Waals surface area contributed by atoms with E-state index in [-0.39, 0.29) is 0 Å². The Hall–Kier alpha value is -0.280. The van der Waals surface area contributed by atoms with Crippen molar-refractivity contribution in [2.45, 2.75) is 12.6 Å². The fraction of sp³-hybridized carbons (Fsp3) is 0.250. The van der Waals surface area contributed by atoms with Gasteiger partial charge < -0.3 is 10.8 Å². The zero-order valence-corrected chi connectivity index (χ0v) is 7.81. The van der Waals surface area contributed by atoms with Crippen LogP contribution in [-0.4, -0.2) is 11.3 Å². The average Bonchev–Trinajstić information content (AvgIpc) is 1.81. The fourth-order valence-corrected chi connectivity index (χ4v) is 1.54. The third-order valence-electron chi connectivity index (χ3n) is 1.37. The molecule has 0 radical (unpaired) electrons. The maximum absolute atomic E-state index is 8.88. The third-order valence-corrected chi connectivity index (χ3v) is 1.80. The number of aliphatic hydroxyl groups is 1. The van der Waals surface area contributed by atoms with E-state index < -0.39 is 6.23 Å². The first-order valence-electron chi connectivity index (χ1n) is 3.46. The highest BCUT2D eigenvalue weighted by atomic mass is 35.5. The molecule has 0 bridgehead atoms. The Bertz CT molecular complexity index is 256. The first kappa shape index (κ1) is 9.81. The normalized spacial score (nSPS) is 13.0. The third kappa shape index (κ3) is 2.99. The number of nitrogens with two attached hydrogens (primary N) is 1. The van der Waals surface area contributed by atoms with Gasteiger partial charge in [0.05, 0.1) is 0 Å². The number of halogens is 2. The molecule has 12 heavy (non-hydrogen) atoms. The van der Waals surface area contributed by atoms with Crippen LogP contribution in [-0.2, 0) is 6.42 Å². The Kier molecular flexibility index (Phi) is 3.35. The molecule has 66 valence electrons. The zero-order chi connectivity index (χ0) is 9.14. The number of hydrogen-bond donors (Lipinski definition) is 2. The number of hydrogen-bond acceptors (Lipinski definition) is 2. The summed E-state index contributed by atoms with van der Waals surface area (Å²) in [6.07, 6.45) is -0.500. The van der Waals surface area contributed by atoms with Crippen molar-refractivity contribution < 1.29 is 5.11 Å². The van der Waals surface area contributed by atoms with E-state index in [9.17, 15) is 0 Å². The topological polar surface area (TPSA) is 46.2 Å². The minimum atomic E-state index is -0.862. The predicted octanol–water partition coefficient (Wildman–Crippen LogP) is 1.81. The van der Waals surface area contributed by atoms with Crippen LogP contribution in [0.5, 0.6) is 0 Å². The maximum atomic E-state index is 8.88. The molecule has 0 heterocycles. The highest BCUT2D eigenvalue weighted by Gasteiger charge is 2.01. The lowest BCUT2D eigenvalue weighted by atomic mass is 10.1. The van der Waals surface area contributed by atoms with Gasteiger partial charge in [-0.25, -0.2) is 0 Å². The SMILES string of the molecule is NC(O)Cc1cc(Cl)cc(Cl)c1. The van der Waals surface area contributed by atoms with Crippen molar-refractivity contribution in [3.05, 3.63) is 33.8 Å². The molecule has 2 nitrogen and oxygen atoms in total. The summed E-state index contributed by atoms with van der Waals surface area (Å²) in [5.41, 5.74) is 6.03. The summed E-state index contributed by atoms with van der Waals surface area (Å²) >= 11 is 11.5. The quantitative estimate of drug-likeness (QED) is 0.725. The Morgan fingerprint density at radius 1 is 1.25 bits per heavy atom. The van der Waals surface area contributed by atoms with E-state index in [0.29, 0.717) is 16.5 Å². The molecule has 1 unspecified atom stereocenters. The smallest absolute Gasteiger partial charge is 0.106 e. The highest BCUT2D eigenvalue weighted by Crippen LogP contribution is 2.19. The average molecular weight is 206 g/mol. The summed E-state index contributed by atoms with van der Waals surface area (Å²) in [7, 11) is 0. The summed E-state index contributed by atoms with van der Waals surface area (Å²) in [6.45, 7) is 0. The van der Waals surface area contributed by atoms with Gasteiger partial charge in [-0.3, -0.25) is 0 Å². The molecule has 1 rings (SSSR count). The van der Waals surface area contributed by atoms with Crippen LogP contribution in [0.2, 0.25) is 10.0 Å². The van der Waals surface area contributed by atoms with E-state index in [1.807, 2.05) is 0 Å². The van der Waals surface area contributed by atoms with Gasteiger partial charge in [-0.05, 0) is 23.8 Å². The van der Waals surface area contributed by atoms with Crippen molar-refractivity contribution in [2.75, 3.05) is 0 Å². The molecule has 0 aromatic heterocycles. The van der Waals surface area contributed by atoms with Crippen molar-refractivity contribution in [2.24, 2.45) is 5.73 Å².